The quantitative estimate of drug-likeness (QED) is 0.707. The maximum atomic E-state index is 13.0. The van der Waals surface area contributed by atoms with Crippen molar-refractivity contribution in [3.8, 4) is 12.3 Å². The molecule has 0 spiro atoms. The number of hydrogen-bond acceptors (Lipinski definition) is 3. The molecule has 0 N–H and O–H groups in total. The summed E-state index contributed by atoms with van der Waals surface area (Å²) < 4.78 is 26.0. The molecular weight excluding hydrogens is 252 g/mol. The molecular formula is C13H17F2N3O. The van der Waals surface area contributed by atoms with Gasteiger partial charge >= 0.3 is 0 Å². The second-order valence-corrected chi connectivity index (χ2v) is 5.12. The van der Waals surface area contributed by atoms with Crippen molar-refractivity contribution in [2.75, 3.05) is 13.1 Å². The molecule has 0 saturated carbocycles. The van der Waals surface area contributed by atoms with E-state index in [4.69, 9.17) is 6.42 Å². The predicted octanol–water partition coefficient (Wildman–Crippen LogP) is 2.60. The van der Waals surface area contributed by atoms with Crippen LogP contribution >= 0.6 is 0 Å². The van der Waals surface area contributed by atoms with Crippen LogP contribution < -0.4 is 0 Å². The van der Waals surface area contributed by atoms with E-state index >= 15 is 0 Å². The molecule has 0 bridgehead atoms. The van der Waals surface area contributed by atoms with Crippen LogP contribution in [0.5, 0.6) is 0 Å². The predicted molar refractivity (Wildman–Crippen MR) is 65.6 cm³/mol. The molecule has 6 heteroatoms. The highest BCUT2D eigenvalue weighted by Gasteiger charge is 2.40. The second kappa shape index (κ2) is 5.24. The minimum absolute atomic E-state index is 0.0899. The number of likely N-dealkylation sites (tertiary alicyclic amines) is 1. The van der Waals surface area contributed by atoms with Crippen molar-refractivity contribution in [3.63, 3.8) is 0 Å². The van der Waals surface area contributed by atoms with E-state index in [0.717, 1.165) is 0 Å². The number of alkyl halides is 2. The van der Waals surface area contributed by atoms with Crippen LogP contribution in [-0.2, 0) is 4.79 Å². The van der Waals surface area contributed by atoms with Gasteiger partial charge in [-0.05, 0) is 0 Å². The van der Waals surface area contributed by atoms with E-state index in [0.29, 0.717) is 25.7 Å². The van der Waals surface area contributed by atoms with Gasteiger partial charge in [-0.15, -0.1) is 12.3 Å². The van der Waals surface area contributed by atoms with E-state index in [1.165, 1.54) is 4.90 Å². The Balaban J connectivity index is 1.72. The van der Waals surface area contributed by atoms with Gasteiger partial charge in [-0.2, -0.15) is 10.2 Å². The molecule has 1 saturated heterocycles. The lowest BCUT2D eigenvalue weighted by Gasteiger charge is -2.32. The van der Waals surface area contributed by atoms with Gasteiger partial charge in [0.05, 0.1) is 0 Å². The van der Waals surface area contributed by atoms with Crippen molar-refractivity contribution in [2.24, 2.45) is 10.2 Å². The molecule has 2 heterocycles. The lowest BCUT2D eigenvalue weighted by atomic mass is 10.0. The molecule has 1 fully saturated rings. The fourth-order valence-corrected chi connectivity index (χ4v) is 2.22. The summed E-state index contributed by atoms with van der Waals surface area (Å²) in [5.74, 6) is -0.184. The van der Waals surface area contributed by atoms with Gasteiger partial charge in [-0.1, -0.05) is 0 Å². The number of terminal acetylenes is 1. The van der Waals surface area contributed by atoms with Gasteiger partial charge in [-0.3, -0.25) is 4.79 Å². The number of amides is 1. The minimum Gasteiger partial charge on any atom is -0.342 e. The monoisotopic (exact) mass is 269 g/mol. The summed E-state index contributed by atoms with van der Waals surface area (Å²) in [4.78, 5) is 13.4. The Labute approximate surface area is 111 Å². The number of piperidine rings is 1. The van der Waals surface area contributed by atoms with E-state index < -0.39 is 11.6 Å². The molecule has 104 valence electrons. The Hall–Kier alpha value is -1.51. The Bertz CT molecular complexity index is 412. The van der Waals surface area contributed by atoms with Gasteiger partial charge in [0.2, 0.25) is 5.91 Å². The molecule has 19 heavy (non-hydrogen) atoms. The molecule has 0 atom stereocenters. The summed E-state index contributed by atoms with van der Waals surface area (Å²) in [6.07, 6.45) is 6.77. The van der Waals surface area contributed by atoms with Gasteiger partial charge in [0, 0.05) is 51.6 Å². The highest BCUT2D eigenvalue weighted by molar-refractivity contribution is 5.76. The second-order valence-electron chi connectivity index (χ2n) is 5.12. The van der Waals surface area contributed by atoms with Crippen LogP contribution in [-0.4, -0.2) is 35.5 Å². The van der Waals surface area contributed by atoms with Crippen molar-refractivity contribution >= 4 is 5.91 Å². The Morgan fingerprint density at radius 2 is 1.89 bits per heavy atom. The zero-order valence-corrected chi connectivity index (χ0v) is 10.7. The van der Waals surface area contributed by atoms with Gasteiger partial charge in [-0.25, -0.2) is 8.78 Å². The Morgan fingerprint density at radius 1 is 1.26 bits per heavy atom. The van der Waals surface area contributed by atoms with Crippen molar-refractivity contribution in [3.05, 3.63) is 0 Å². The van der Waals surface area contributed by atoms with Crippen molar-refractivity contribution < 1.29 is 13.6 Å². The summed E-state index contributed by atoms with van der Waals surface area (Å²) in [5, 5.41) is 7.90. The molecule has 0 aromatic carbocycles. The summed E-state index contributed by atoms with van der Waals surface area (Å²) >= 11 is 0. The average molecular weight is 269 g/mol. The van der Waals surface area contributed by atoms with E-state index in [1.807, 2.05) is 0 Å². The number of carbonyl (C=O) groups excluding carboxylic acids is 1. The average Bonchev–Trinajstić information content (AvgIpc) is 3.14. The summed E-state index contributed by atoms with van der Waals surface area (Å²) in [6, 6.07) is 0. The molecule has 4 nitrogen and oxygen atoms in total. The van der Waals surface area contributed by atoms with E-state index in [2.05, 4.69) is 16.1 Å². The third-order valence-electron chi connectivity index (χ3n) is 3.64. The zero-order chi connectivity index (χ0) is 13.9. The number of halogens is 2. The molecule has 1 amide bonds. The molecule has 0 aromatic heterocycles. The molecule has 0 radical (unpaired) electrons. The molecule has 0 aliphatic carbocycles. The van der Waals surface area contributed by atoms with Crippen molar-refractivity contribution in [2.45, 2.75) is 50.1 Å². The highest BCUT2D eigenvalue weighted by Crippen LogP contribution is 2.38. The van der Waals surface area contributed by atoms with Crippen LogP contribution in [0.25, 0.3) is 0 Å². The third-order valence-corrected chi connectivity index (χ3v) is 3.64. The van der Waals surface area contributed by atoms with Gasteiger partial charge in [0.15, 0.2) is 5.66 Å². The SMILES string of the molecule is C#CCCC1(CCC(=O)N2CCC(F)(F)CC2)N=N1. The van der Waals surface area contributed by atoms with Crippen LogP contribution in [0.2, 0.25) is 0 Å². The summed E-state index contributed by atoms with van der Waals surface area (Å²) in [5.41, 5.74) is -0.470. The maximum absolute atomic E-state index is 13.0. The third kappa shape index (κ3) is 3.72. The first-order chi connectivity index (χ1) is 8.96. The first kappa shape index (κ1) is 13.9. The summed E-state index contributed by atoms with van der Waals surface area (Å²) in [6.45, 7) is 0.273. The first-order valence-electron chi connectivity index (χ1n) is 6.50. The number of rotatable bonds is 5. The lowest BCUT2D eigenvalue weighted by Crippen LogP contribution is -2.42. The largest absolute Gasteiger partial charge is 0.342 e. The fourth-order valence-electron chi connectivity index (χ4n) is 2.22. The summed E-state index contributed by atoms with van der Waals surface area (Å²) in [7, 11) is 0. The number of hydrogen-bond donors (Lipinski definition) is 0. The highest BCUT2D eigenvalue weighted by atomic mass is 19.3. The van der Waals surface area contributed by atoms with Crippen LogP contribution in [0.3, 0.4) is 0 Å². The number of nitrogens with zero attached hydrogens (tertiary/aromatic N) is 3. The normalized spacial score (nSPS) is 22.9. The van der Waals surface area contributed by atoms with Gasteiger partial charge in [0.25, 0.3) is 5.92 Å². The number of carbonyl (C=O) groups is 1. The standard InChI is InChI=1S/C13H17F2N3O/c1-2-3-5-13(16-17-13)6-4-11(19)18-9-7-12(14,15)8-10-18/h1H,3-10H2. The van der Waals surface area contributed by atoms with E-state index in [1.54, 1.807) is 0 Å². The first-order valence-corrected chi connectivity index (χ1v) is 6.50. The molecule has 2 aliphatic heterocycles. The van der Waals surface area contributed by atoms with Crippen LogP contribution in [0.1, 0.15) is 38.5 Å². The molecule has 0 aromatic rings. The van der Waals surface area contributed by atoms with Crippen LogP contribution in [0, 0.1) is 12.3 Å². The van der Waals surface area contributed by atoms with Crippen LogP contribution in [0.15, 0.2) is 10.2 Å². The minimum atomic E-state index is -2.62. The fraction of sp³-hybridized carbons (Fsp3) is 0.769. The smallest absolute Gasteiger partial charge is 0.251 e. The Kier molecular flexibility index (Phi) is 3.83. The molecule has 2 rings (SSSR count). The Morgan fingerprint density at radius 3 is 2.42 bits per heavy atom. The zero-order valence-electron chi connectivity index (χ0n) is 10.7. The van der Waals surface area contributed by atoms with Crippen LogP contribution in [0.4, 0.5) is 8.78 Å². The maximum Gasteiger partial charge on any atom is 0.251 e. The molecule has 2 aliphatic rings. The lowest BCUT2D eigenvalue weighted by molar-refractivity contribution is -0.137. The van der Waals surface area contributed by atoms with Crippen molar-refractivity contribution in [1.29, 1.82) is 0 Å². The van der Waals surface area contributed by atoms with E-state index in [9.17, 15) is 13.6 Å². The van der Waals surface area contributed by atoms with Crippen molar-refractivity contribution in [1.82, 2.24) is 4.90 Å². The topological polar surface area (TPSA) is 45.0 Å². The van der Waals surface area contributed by atoms with Gasteiger partial charge in [0.1, 0.15) is 0 Å². The van der Waals surface area contributed by atoms with Gasteiger partial charge < -0.3 is 4.90 Å². The van der Waals surface area contributed by atoms with E-state index in [-0.39, 0.29) is 31.8 Å². The molecule has 0 unspecified atom stereocenters.